The van der Waals surface area contributed by atoms with Crippen molar-refractivity contribution in [3.05, 3.63) is 64.3 Å². The average molecular weight is 423 g/mol. The fourth-order valence-electron chi connectivity index (χ4n) is 2.36. The van der Waals surface area contributed by atoms with Gasteiger partial charge in [0.15, 0.2) is 5.76 Å². The van der Waals surface area contributed by atoms with Gasteiger partial charge in [-0.3, -0.25) is 9.52 Å². The van der Waals surface area contributed by atoms with Gasteiger partial charge in [0.05, 0.1) is 11.9 Å². The van der Waals surface area contributed by atoms with E-state index >= 15 is 0 Å². The second-order valence-corrected chi connectivity index (χ2v) is 8.17. The molecule has 1 aromatic heterocycles. The van der Waals surface area contributed by atoms with Crippen LogP contribution >= 0.6 is 15.9 Å². The summed E-state index contributed by atoms with van der Waals surface area (Å²) < 4.78 is 31.7. The van der Waals surface area contributed by atoms with Crippen LogP contribution in [0, 0.1) is 0 Å². The summed E-state index contributed by atoms with van der Waals surface area (Å²) in [6.45, 7) is 0.165. The van der Waals surface area contributed by atoms with Gasteiger partial charge < -0.3 is 9.73 Å². The Labute approximate surface area is 153 Å². The van der Waals surface area contributed by atoms with Gasteiger partial charge in [0.1, 0.15) is 5.58 Å². The van der Waals surface area contributed by atoms with Crippen molar-refractivity contribution >= 4 is 48.5 Å². The Bertz CT molecular complexity index is 1040. The van der Waals surface area contributed by atoms with Gasteiger partial charge >= 0.3 is 0 Å². The van der Waals surface area contributed by atoms with Crippen molar-refractivity contribution in [2.45, 2.75) is 6.54 Å². The zero-order valence-electron chi connectivity index (χ0n) is 13.2. The van der Waals surface area contributed by atoms with Crippen LogP contribution in [0.2, 0.25) is 0 Å². The van der Waals surface area contributed by atoms with Crippen molar-refractivity contribution in [2.75, 3.05) is 11.0 Å². The zero-order valence-corrected chi connectivity index (χ0v) is 15.6. The highest BCUT2D eigenvalue weighted by Gasteiger charge is 2.13. The molecule has 0 aliphatic rings. The molecule has 0 saturated heterocycles. The van der Waals surface area contributed by atoms with Crippen molar-refractivity contribution < 1.29 is 17.6 Å². The highest BCUT2D eigenvalue weighted by atomic mass is 79.9. The molecule has 0 atom stereocenters. The SMILES string of the molecule is CS(=O)(=O)Nc1ccccc1CNC(=O)c1cc2cc(Br)ccc2o1. The number of rotatable bonds is 5. The maximum atomic E-state index is 12.3. The maximum absolute atomic E-state index is 12.3. The molecule has 1 heterocycles. The predicted octanol–water partition coefficient (Wildman–Crippen LogP) is 3.50. The molecule has 2 aromatic carbocycles. The van der Waals surface area contributed by atoms with Gasteiger partial charge in [0.2, 0.25) is 10.0 Å². The minimum Gasteiger partial charge on any atom is -0.451 e. The lowest BCUT2D eigenvalue weighted by atomic mass is 10.2. The molecule has 0 aliphatic heterocycles. The van der Waals surface area contributed by atoms with E-state index in [0.717, 1.165) is 16.1 Å². The molecule has 3 aromatic rings. The van der Waals surface area contributed by atoms with Crippen LogP contribution < -0.4 is 10.0 Å². The molecular formula is C17H15BrN2O4S. The number of hydrogen-bond acceptors (Lipinski definition) is 4. The van der Waals surface area contributed by atoms with Crippen LogP contribution in [0.25, 0.3) is 11.0 Å². The van der Waals surface area contributed by atoms with Gasteiger partial charge in [-0.05, 0) is 35.9 Å². The van der Waals surface area contributed by atoms with Crippen LogP contribution in [-0.2, 0) is 16.6 Å². The van der Waals surface area contributed by atoms with Crippen LogP contribution in [0.4, 0.5) is 5.69 Å². The van der Waals surface area contributed by atoms with Crippen LogP contribution in [0.5, 0.6) is 0 Å². The van der Waals surface area contributed by atoms with Crippen molar-refractivity contribution in [3.63, 3.8) is 0 Å². The van der Waals surface area contributed by atoms with Gasteiger partial charge in [-0.25, -0.2) is 8.42 Å². The summed E-state index contributed by atoms with van der Waals surface area (Å²) in [5.74, 6) is -0.178. The first-order valence-corrected chi connectivity index (χ1v) is 10.0. The molecule has 3 rings (SSSR count). The molecule has 0 radical (unpaired) electrons. The first kappa shape index (κ1) is 17.5. The lowest BCUT2D eigenvalue weighted by Crippen LogP contribution is -2.23. The maximum Gasteiger partial charge on any atom is 0.287 e. The van der Waals surface area contributed by atoms with E-state index in [4.69, 9.17) is 4.42 Å². The second kappa shape index (κ2) is 6.89. The normalized spacial score (nSPS) is 11.4. The molecule has 0 spiro atoms. The number of fused-ring (bicyclic) bond motifs is 1. The Morgan fingerprint density at radius 1 is 1.16 bits per heavy atom. The minimum atomic E-state index is -3.40. The Morgan fingerprint density at radius 2 is 1.92 bits per heavy atom. The topological polar surface area (TPSA) is 88.4 Å². The number of amides is 1. The monoisotopic (exact) mass is 422 g/mol. The van der Waals surface area contributed by atoms with E-state index in [0.29, 0.717) is 16.8 Å². The van der Waals surface area contributed by atoms with E-state index in [-0.39, 0.29) is 18.2 Å². The Hall–Kier alpha value is -2.32. The van der Waals surface area contributed by atoms with Crippen LogP contribution in [0.15, 0.2) is 57.4 Å². The molecule has 0 unspecified atom stereocenters. The first-order chi connectivity index (χ1) is 11.8. The molecule has 0 bridgehead atoms. The largest absolute Gasteiger partial charge is 0.451 e. The number of sulfonamides is 1. The van der Waals surface area contributed by atoms with Crippen LogP contribution in [0.3, 0.4) is 0 Å². The number of hydrogen-bond donors (Lipinski definition) is 2. The highest BCUT2D eigenvalue weighted by molar-refractivity contribution is 9.10. The van der Waals surface area contributed by atoms with Crippen molar-refractivity contribution in [1.29, 1.82) is 0 Å². The summed E-state index contributed by atoms with van der Waals surface area (Å²) in [7, 11) is -3.40. The third-order valence-corrected chi connectivity index (χ3v) is 4.54. The summed E-state index contributed by atoms with van der Waals surface area (Å²) in [4.78, 5) is 12.3. The van der Waals surface area contributed by atoms with E-state index in [1.807, 2.05) is 12.1 Å². The second-order valence-electron chi connectivity index (χ2n) is 5.51. The quantitative estimate of drug-likeness (QED) is 0.658. The summed E-state index contributed by atoms with van der Waals surface area (Å²) >= 11 is 3.37. The minimum absolute atomic E-state index is 0.165. The van der Waals surface area contributed by atoms with E-state index in [1.54, 1.807) is 36.4 Å². The third-order valence-electron chi connectivity index (χ3n) is 3.45. The number of benzene rings is 2. The van der Waals surface area contributed by atoms with Gasteiger partial charge in [-0.1, -0.05) is 34.1 Å². The molecule has 6 nitrogen and oxygen atoms in total. The van der Waals surface area contributed by atoms with Crippen LogP contribution in [-0.4, -0.2) is 20.6 Å². The van der Waals surface area contributed by atoms with E-state index in [9.17, 15) is 13.2 Å². The molecule has 0 saturated carbocycles. The van der Waals surface area contributed by atoms with Gasteiger partial charge in [0, 0.05) is 16.4 Å². The van der Waals surface area contributed by atoms with Crippen molar-refractivity contribution in [3.8, 4) is 0 Å². The molecular weight excluding hydrogens is 408 g/mol. The lowest BCUT2D eigenvalue weighted by Gasteiger charge is -2.11. The van der Waals surface area contributed by atoms with Crippen molar-refractivity contribution in [1.82, 2.24) is 5.32 Å². The summed E-state index contributed by atoms with van der Waals surface area (Å²) in [5.41, 5.74) is 1.70. The fraction of sp³-hybridized carbons (Fsp3) is 0.118. The standard InChI is InChI=1S/C17H15BrN2O4S/c1-25(22,23)20-14-5-3-2-4-11(14)10-19-17(21)16-9-12-8-13(18)6-7-15(12)24-16/h2-9,20H,10H2,1H3,(H,19,21). The number of para-hydroxylation sites is 1. The fourth-order valence-corrected chi connectivity index (χ4v) is 3.34. The summed E-state index contributed by atoms with van der Waals surface area (Å²) in [5, 5.41) is 3.56. The molecule has 130 valence electrons. The molecule has 0 fully saturated rings. The van der Waals surface area contributed by atoms with E-state index in [1.165, 1.54) is 0 Å². The van der Waals surface area contributed by atoms with Crippen LogP contribution in [0.1, 0.15) is 16.1 Å². The predicted molar refractivity (Wildman–Crippen MR) is 100.0 cm³/mol. The van der Waals surface area contributed by atoms with Gasteiger partial charge in [0.25, 0.3) is 5.91 Å². The average Bonchev–Trinajstić information content (AvgIpc) is 2.95. The van der Waals surface area contributed by atoms with Crippen molar-refractivity contribution in [2.24, 2.45) is 0 Å². The number of nitrogens with one attached hydrogen (secondary N) is 2. The highest BCUT2D eigenvalue weighted by Crippen LogP contribution is 2.23. The third kappa shape index (κ3) is 4.40. The number of carbonyl (C=O) groups excluding carboxylic acids is 1. The molecule has 0 aliphatic carbocycles. The Kier molecular flexibility index (Phi) is 4.82. The summed E-state index contributed by atoms with van der Waals surface area (Å²) in [6.07, 6.45) is 1.08. The van der Waals surface area contributed by atoms with E-state index in [2.05, 4.69) is 26.0 Å². The summed E-state index contributed by atoms with van der Waals surface area (Å²) in [6, 6.07) is 14.0. The zero-order chi connectivity index (χ0) is 18.0. The number of halogens is 1. The number of furan rings is 1. The number of carbonyl (C=O) groups is 1. The Balaban J connectivity index is 1.76. The molecule has 1 amide bonds. The smallest absolute Gasteiger partial charge is 0.287 e. The Morgan fingerprint density at radius 3 is 2.68 bits per heavy atom. The molecule has 25 heavy (non-hydrogen) atoms. The van der Waals surface area contributed by atoms with Gasteiger partial charge in [-0.15, -0.1) is 0 Å². The molecule has 2 N–H and O–H groups in total. The van der Waals surface area contributed by atoms with Gasteiger partial charge in [-0.2, -0.15) is 0 Å². The van der Waals surface area contributed by atoms with E-state index < -0.39 is 10.0 Å². The first-order valence-electron chi connectivity index (χ1n) is 7.35. The molecule has 8 heteroatoms. The lowest BCUT2D eigenvalue weighted by molar-refractivity contribution is 0.0925. The number of anilines is 1.